The van der Waals surface area contributed by atoms with Gasteiger partial charge in [0.25, 0.3) is 0 Å². The first kappa shape index (κ1) is 11.7. The van der Waals surface area contributed by atoms with Crippen molar-refractivity contribution in [3.05, 3.63) is 35.4 Å². The van der Waals surface area contributed by atoms with E-state index in [4.69, 9.17) is 5.73 Å². The molecular weight excluding hydrogens is 188 g/mol. The zero-order valence-electron chi connectivity index (χ0n) is 9.29. The second kappa shape index (κ2) is 5.51. The number of rotatable bonds is 5. The molecule has 0 aliphatic rings. The Hall–Kier alpha value is -1.35. The summed E-state index contributed by atoms with van der Waals surface area (Å²) in [4.78, 5) is 10.8. The van der Waals surface area contributed by atoms with Crippen LogP contribution in [0, 0.1) is 0 Å². The number of hydrogen-bond donors (Lipinski definition) is 2. The molecule has 0 bridgehead atoms. The van der Waals surface area contributed by atoms with E-state index in [1.54, 1.807) is 6.92 Å². The molecular formula is C12H18N2O. The molecule has 0 fully saturated rings. The van der Waals surface area contributed by atoms with Crippen molar-refractivity contribution >= 4 is 5.91 Å². The van der Waals surface area contributed by atoms with Gasteiger partial charge in [0, 0.05) is 6.54 Å². The van der Waals surface area contributed by atoms with E-state index in [1.807, 2.05) is 12.1 Å². The number of carbonyl (C=O) groups excluding carboxylic acids is 1. The molecule has 0 aromatic heterocycles. The van der Waals surface area contributed by atoms with Crippen LogP contribution in [-0.4, -0.2) is 11.9 Å². The normalized spacial score (nSPS) is 12.4. The number of primary amides is 1. The van der Waals surface area contributed by atoms with Crippen molar-refractivity contribution in [3.8, 4) is 0 Å². The molecule has 0 aliphatic carbocycles. The van der Waals surface area contributed by atoms with E-state index in [1.165, 1.54) is 11.1 Å². The fourth-order valence-electron chi connectivity index (χ4n) is 1.33. The molecule has 0 heterocycles. The van der Waals surface area contributed by atoms with Crippen molar-refractivity contribution in [1.82, 2.24) is 5.32 Å². The van der Waals surface area contributed by atoms with Crippen LogP contribution in [0.4, 0.5) is 0 Å². The predicted octanol–water partition coefficient (Wildman–Crippen LogP) is 1.21. The van der Waals surface area contributed by atoms with Crippen molar-refractivity contribution < 1.29 is 4.79 Å². The molecule has 0 spiro atoms. The van der Waals surface area contributed by atoms with Gasteiger partial charge in [-0.25, -0.2) is 0 Å². The SMILES string of the molecule is CCc1cccc(CNC(C)C(N)=O)c1. The highest BCUT2D eigenvalue weighted by atomic mass is 16.1. The molecule has 82 valence electrons. The first-order valence-electron chi connectivity index (χ1n) is 5.24. The van der Waals surface area contributed by atoms with Crippen LogP contribution >= 0.6 is 0 Å². The summed E-state index contributed by atoms with van der Waals surface area (Å²) < 4.78 is 0. The smallest absolute Gasteiger partial charge is 0.234 e. The Labute approximate surface area is 90.7 Å². The lowest BCUT2D eigenvalue weighted by Gasteiger charge is -2.10. The topological polar surface area (TPSA) is 55.1 Å². The summed E-state index contributed by atoms with van der Waals surface area (Å²) in [6, 6.07) is 8.03. The van der Waals surface area contributed by atoms with Crippen molar-refractivity contribution in [2.24, 2.45) is 5.73 Å². The van der Waals surface area contributed by atoms with Crippen molar-refractivity contribution in [1.29, 1.82) is 0 Å². The molecule has 3 nitrogen and oxygen atoms in total. The van der Waals surface area contributed by atoms with Gasteiger partial charge in [-0.2, -0.15) is 0 Å². The van der Waals surface area contributed by atoms with E-state index in [9.17, 15) is 4.79 Å². The molecule has 3 N–H and O–H groups in total. The van der Waals surface area contributed by atoms with Crippen LogP contribution in [-0.2, 0) is 17.8 Å². The van der Waals surface area contributed by atoms with Crippen LogP contribution in [0.2, 0.25) is 0 Å². The maximum absolute atomic E-state index is 10.8. The number of benzene rings is 1. The third kappa shape index (κ3) is 3.72. The van der Waals surface area contributed by atoms with Crippen LogP contribution in [0.5, 0.6) is 0 Å². The van der Waals surface area contributed by atoms with Gasteiger partial charge in [0.05, 0.1) is 6.04 Å². The average molecular weight is 206 g/mol. The van der Waals surface area contributed by atoms with Crippen molar-refractivity contribution in [2.75, 3.05) is 0 Å². The first-order chi connectivity index (χ1) is 7.13. The minimum atomic E-state index is -0.318. The molecule has 1 aromatic rings. The van der Waals surface area contributed by atoms with Gasteiger partial charge in [-0.05, 0) is 24.5 Å². The van der Waals surface area contributed by atoms with Crippen molar-refractivity contribution in [2.45, 2.75) is 32.9 Å². The lowest BCUT2D eigenvalue weighted by atomic mass is 10.1. The highest BCUT2D eigenvalue weighted by Crippen LogP contribution is 2.05. The van der Waals surface area contributed by atoms with E-state index < -0.39 is 0 Å². The fraction of sp³-hybridized carbons (Fsp3) is 0.417. The molecule has 1 rings (SSSR count). The third-order valence-electron chi connectivity index (χ3n) is 2.44. The number of hydrogen-bond acceptors (Lipinski definition) is 2. The maximum Gasteiger partial charge on any atom is 0.234 e. The summed E-state index contributed by atoms with van der Waals surface area (Å²) in [5, 5.41) is 3.08. The van der Waals surface area contributed by atoms with E-state index >= 15 is 0 Å². The molecule has 0 saturated carbocycles. The van der Waals surface area contributed by atoms with Crippen LogP contribution in [0.3, 0.4) is 0 Å². The second-order valence-electron chi connectivity index (χ2n) is 3.68. The summed E-state index contributed by atoms with van der Waals surface area (Å²) in [5.41, 5.74) is 7.64. The summed E-state index contributed by atoms with van der Waals surface area (Å²) in [6.07, 6.45) is 1.03. The van der Waals surface area contributed by atoms with Crippen LogP contribution in [0.15, 0.2) is 24.3 Å². The summed E-state index contributed by atoms with van der Waals surface area (Å²) in [6.45, 7) is 4.57. The van der Waals surface area contributed by atoms with E-state index in [-0.39, 0.29) is 11.9 Å². The zero-order chi connectivity index (χ0) is 11.3. The number of aryl methyl sites for hydroxylation is 1. The number of nitrogens with two attached hydrogens (primary N) is 1. The van der Waals surface area contributed by atoms with E-state index in [2.05, 4.69) is 24.4 Å². The Balaban J connectivity index is 2.53. The Bertz CT molecular complexity index is 336. The number of carbonyl (C=O) groups is 1. The monoisotopic (exact) mass is 206 g/mol. The molecule has 1 unspecified atom stereocenters. The predicted molar refractivity (Wildman–Crippen MR) is 61.3 cm³/mol. The molecule has 1 atom stereocenters. The Morgan fingerprint density at radius 3 is 2.73 bits per heavy atom. The van der Waals surface area contributed by atoms with Gasteiger partial charge in [-0.15, -0.1) is 0 Å². The van der Waals surface area contributed by atoms with Crippen molar-refractivity contribution in [3.63, 3.8) is 0 Å². The van der Waals surface area contributed by atoms with Gasteiger partial charge >= 0.3 is 0 Å². The molecule has 1 aromatic carbocycles. The average Bonchev–Trinajstić information content (AvgIpc) is 2.26. The lowest BCUT2D eigenvalue weighted by molar-refractivity contribution is -0.119. The summed E-state index contributed by atoms with van der Waals surface area (Å²) >= 11 is 0. The van der Waals surface area contributed by atoms with Gasteiger partial charge in [0.2, 0.25) is 5.91 Å². The van der Waals surface area contributed by atoms with Gasteiger partial charge < -0.3 is 11.1 Å². The largest absolute Gasteiger partial charge is 0.368 e. The van der Waals surface area contributed by atoms with Gasteiger partial charge in [0.15, 0.2) is 0 Å². The summed E-state index contributed by atoms with van der Waals surface area (Å²) in [7, 11) is 0. The molecule has 0 saturated heterocycles. The lowest BCUT2D eigenvalue weighted by Crippen LogP contribution is -2.38. The van der Waals surface area contributed by atoms with E-state index in [0.29, 0.717) is 6.54 Å². The highest BCUT2D eigenvalue weighted by molar-refractivity contribution is 5.79. The molecule has 1 amide bonds. The maximum atomic E-state index is 10.8. The highest BCUT2D eigenvalue weighted by Gasteiger charge is 2.06. The molecule has 0 aliphatic heterocycles. The quantitative estimate of drug-likeness (QED) is 0.761. The minimum absolute atomic E-state index is 0.282. The Kier molecular flexibility index (Phi) is 4.31. The fourth-order valence-corrected chi connectivity index (χ4v) is 1.33. The number of nitrogens with one attached hydrogen (secondary N) is 1. The van der Waals surface area contributed by atoms with Crippen LogP contribution in [0.1, 0.15) is 25.0 Å². The van der Waals surface area contributed by atoms with Gasteiger partial charge in [-0.3, -0.25) is 4.79 Å². The molecule has 15 heavy (non-hydrogen) atoms. The van der Waals surface area contributed by atoms with Gasteiger partial charge in [-0.1, -0.05) is 31.2 Å². The zero-order valence-corrected chi connectivity index (χ0v) is 9.29. The number of amides is 1. The first-order valence-corrected chi connectivity index (χ1v) is 5.24. The van der Waals surface area contributed by atoms with Crippen LogP contribution < -0.4 is 11.1 Å². The molecule has 3 heteroatoms. The Morgan fingerprint density at radius 2 is 2.13 bits per heavy atom. The summed E-state index contributed by atoms with van der Waals surface area (Å²) in [5.74, 6) is -0.318. The van der Waals surface area contributed by atoms with Gasteiger partial charge in [0.1, 0.15) is 0 Å². The third-order valence-corrected chi connectivity index (χ3v) is 2.44. The second-order valence-corrected chi connectivity index (χ2v) is 3.68. The van der Waals surface area contributed by atoms with E-state index in [0.717, 1.165) is 6.42 Å². The van der Waals surface area contributed by atoms with Crippen LogP contribution in [0.25, 0.3) is 0 Å². The molecule has 0 radical (unpaired) electrons. The standard InChI is InChI=1S/C12H18N2O/c1-3-10-5-4-6-11(7-10)8-14-9(2)12(13)15/h4-7,9,14H,3,8H2,1-2H3,(H2,13,15). The Morgan fingerprint density at radius 1 is 1.47 bits per heavy atom. The minimum Gasteiger partial charge on any atom is -0.368 e.